The van der Waals surface area contributed by atoms with Crippen LogP contribution in [0, 0.1) is 0 Å². The van der Waals surface area contributed by atoms with Gasteiger partial charge in [0.15, 0.2) is 17.1 Å². The molecule has 8 heteroatoms. The van der Waals surface area contributed by atoms with Gasteiger partial charge in [0.05, 0.1) is 11.5 Å². The van der Waals surface area contributed by atoms with E-state index in [2.05, 4.69) is 4.72 Å². The van der Waals surface area contributed by atoms with Crippen LogP contribution in [0.1, 0.15) is 31.7 Å². The molecule has 0 fully saturated rings. The molecule has 2 N–H and O–H groups in total. The number of benzene rings is 2. The van der Waals surface area contributed by atoms with Crippen molar-refractivity contribution in [1.82, 2.24) is 4.72 Å². The zero-order valence-corrected chi connectivity index (χ0v) is 16.5. The summed E-state index contributed by atoms with van der Waals surface area (Å²) in [5, 5.41) is 9.30. The highest BCUT2D eigenvalue weighted by atomic mass is 32.2. The molecule has 7 nitrogen and oxygen atoms in total. The van der Waals surface area contributed by atoms with Crippen LogP contribution in [0.25, 0.3) is 0 Å². The number of aliphatic carboxylic acids is 1. The molecule has 0 bridgehead atoms. The Hall–Kier alpha value is -2.58. The lowest BCUT2D eigenvalue weighted by molar-refractivity contribution is -0.152. The average Bonchev–Trinajstić information content (AvgIpc) is 2.67. The van der Waals surface area contributed by atoms with Gasteiger partial charge in [0.25, 0.3) is 0 Å². The van der Waals surface area contributed by atoms with Crippen LogP contribution in [0.4, 0.5) is 0 Å². The molecule has 2 aromatic carbocycles. The van der Waals surface area contributed by atoms with Gasteiger partial charge in [-0.3, -0.25) is 0 Å². The summed E-state index contributed by atoms with van der Waals surface area (Å²) in [5.41, 5.74) is -0.624. The number of rotatable bonds is 7. The lowest BCUT2D eigenvalue weighted by atomic mass is 9.93. The van der Waals surface area contributed by atoms with E-state index in [4.69, 9.17) is 9.47 Å². The third-order valence-electron chi connectivity index (χ3n) is 4.62. The number of hydrogen-bond acceptors (Lipinski definition) is 5. The van der Waals surface area contributed by atoms with Crippen molar-refractivity contribution in [3.63, 3.8) is 0 Å². The summed E-state index contributed by atoms with van der Waals surface area (Å²) in [5.74, 6) is -0.403. The molecule has 2 aromatic rings. The normalized spacial score (nSPS) is 16.7. The third kappa shape index (κ3) is 4.28. The fourth-order valence-electron chi connectivity index (χ4n) is 2.97. The largest absolute Gasteiger partial charge is 0.489 e. The monoisotopic (exact) mass is 405 g/mol. The molecule has 1 aliphatic heterocycles. The lowest BCUT2D eigenvalue weighted by Crippen LogP contribution is -2.38. The van der Waals surface area contributed by atoms with Crippen molar-refractivity contribution < 1.29 is 27.8 Å². The summed E-state index contributed by atoms with van der Waals surface area (Å²) < 4.78 is 39.0. The molecule has 28 heavy (non-hydrogen) atoms. The minimum Gasteiger partial charge on any atom is -0.489 e. The van der Waals surface area contributed by atoms with Gasteiger partial charge in [-0.05, 0) is 38.5 Å². The van der Waals surface area contributed by atoms with Gasteiger partial charge in [0.1, 0.15) is 0 Å². The second kappa shape index (κ2) is 7.81. The Kier molecular flexibility index (Phi) is 5.62. The van der Waals surface area contributed by atoms with Crippen molar-refractivity contribution in [3.8, 4) is 11.5 Å². The number of carbonyl (C=O) groups is 1. The van der Waals surface area contributed by atoms with E-state index in [9.17, 15) is 18.3 Å². The van der Waals surface area contributed by atoms with Crippen LogP contribution in [-0.2, 0) is 14.8 Å². The van der Waals surface area contributed by atoms with E-state index in [1.54, 1.807) is 42.5 Å². The number of fused-ring (bicyclic) bond motifs is 1. The fourth-order valence-corrected chi connectivity index (χ4v) is 4.07. The van der Waals surface area contributed by atoms with Crippen LogP contribution in [0.15, 0.2) is 53.4 Å². The van der Waals surface area contributed by atoms with Crippen molar-refractivity contribution in [1.29, 1.82) is 0 Å². The molecule has 150 valence electrons. The summed E-state index contributed by atoms with van der Waals surface area (Å²) in [7, 11) is -3.61. The van der Waals surface area contributed by atoms with E-state index in [0.717, 1.165) is 5.56 Å². The number of sulfonamides is 1. The lowest BCUT2D eigenvalue weighted by Gasteiger charge is -2.30. The zero-order chi connectivity index (χ0) is 20.4. The van der Waals surface area contributed by atoms with Crippen LogP contribution >= 0.6 is 0 Å². The SMILES string of the molecule is CC(C)(Oc1cccc2c1OCCC2CNS(=O)(=O)c1ccccc1)C(=O)O. The summed E-state index contributed by atoms with van der Waals surface area (Å²) >= 11 is 0. The Morgan fingerprint density at radius 3 is 2.61 bits per heavy atom. The van der Waals surface area contributed by atoms with Crippen molar-refractivity contribution in [2.24, 2.45) is 0 Å². The van der Waals surface area contributed by atoms with Crippen molar-refractivity contribution in [2.45, 2.75) is 36.7 Å². The minimum absolute atomic E-state index is 0.112. The molecule has 0 aromatic heterocycles. The van der Waals surface area contributed by atoms with Crippen LogP contribution < -0.4 is 14.2 Å². The second-order valence-electron chi connectivity index (χ2n) is 7.09. The molecule has 0 radical (unpaired) electrons. The van der Waals surface area contributed by atoms with E-state index in [-0.39, 0.29) is 17.4 Å². The number of carboxylic acids is 1. The van der Waals surface area contributed by atoms with Gasteiger partial charge in [-0.1, -0.05) is 30.3 Å². The molecule has 3 rings (SSSR count). The van der Waals surface area contributed by atoms with Gasteiger partial charge in [-0.15, -0.1) is 0 Å². The molecule has 0 saturated carbocycles. The van der Waals surface area contributed by atoms with E-state index < -0.39 is 21.6 Å². The Balaban J connectivity index is 1.81. The standard InChI is InChI=1S/C20H23NO6S/c1-20(2,19(22)23)27-17-10-6-9-16-14(11-12-26-18(16)17)13-21-28(24,25)15-7-4-3-5-8-15/h3-10,14,21H,11-13H2,1-2H3,(H,22,23). The van der Waals surface area contributed by atoms with Crippen molar-refractivity contribution in [3.05, 3.63) is 54.1 Å². The average molecular weight is 405 g/mol. The smallest absolute Gasteiger partial charge is 0.347 e. The first-order chi connectivity index (χ1) is 13.2. The molecule has 0 saturated heterocycles. The molecule has 1 heterocycles. The second-order valence-corrected chi connectivity index (χ2v) is 8.86. The highest BCUT2D eigenvalue weighted by Gasteiger charge is 2.33. The highest BCUT2D eigenvalue weighted by molar-refractivity contribution is 7.89. The van der Waals surface area contributed by atoms with Crippen molar-refractivity contribution in [2.75, 3.05) is 13.2 Å². The van der Waals surface area contributed by atoms with E-state index in [1.165, 1.54) is 13.8 Å². The Labute approximate surface area is 164 Å². The van der Waals surface area contributed by atoms with Gasteiger partial charge in [0.2, 0.25) is 10.0 Å². The van der Waals surface area contributed by atoms with Gasteiger partial charge in [0, 0.05) is 18.0 Å². The molecule has 0 aliphatic carbocycles. The number of carboxylic acid groups (broad SMARTS) is 1. The molecule has 1 unspecified atom stereocenters. The Morgan fingerprint density at radius 2 is 1.93 bits per heavy atom. The van der Waals surface area contributed by atoms with Crippen LogP contribution in [0.5, 0.6) is 11.5 Å². The molecule has 1 atom stereocenters. The van der Waals surface area contributed by atoms with Gasteiger partial charge < -0.3 is 14.6 Å². The maximum Gasteiger partial charge on any atom is 0.347 e. The topological polar surface area (TPSA) is 102 Å². The number of ether oxygens (including phenoxy) is 2. The maximum atomic E-state index is 12.5. The van der Waals surface area contributed by atoms with Crippen LogP contribution in [0.3, 0.4) is 0 Å². The number of para-hydroxylation sites is 1. The Bertz CT molecular complexity index is 956. The molecular weight excluding hydrogens is 382 g/mol. The summed E-state index contributed by atoms with van der Waals surface area (Å²) in [6.07, 6.45) is 0.635. The van der Waals surface area contributed by atoms with Gasteiger partial charge in [-0.2, -0.15) is 0 Å². The van der Waals surface area contributed by atoms with E-state index in [0.29, 0.717) is 24.5 Å². The van der Waals surface area contributed by atoms with Crippen molar-refractivity contribution >= 4 is 16.0 Å². The van der Waals surface area contributed by atoms with E-state index in [1.807, 2.05) is 6.07 Å². The van der Waals surface area contributed by atoms with Crippen LogP contribution in [-0.4, -0.2) is 38.2 Å². The summed E-state index contributed by atoms with van der Waals surface area (Å²) in [6, 6.07) is 13.4. The minimum atomic E-state index is -3.61. The first-order valence-corrected chi connectivity index (χ1v) is 10.4. The molecular formula is C20H23NO6S. The van der Waals surface area contributed by atoms with Gasteiger partial charge >= 0.3 is 5.97 Å². The number of hydrogen-bond donors (Lipinski definition) is 2. The quantitative estimate of drug-likeness (QED) is 0.734. The summed E-state index contributed by atoms with van der Waals surface area (Å²) in [4.78, 5) is 11.6. The summed E-state index contributed by atoms with van der Waals surface area (Å²) in [6.45, 7) is 3.52. The highest BCUT2D eigenvalue weighted by Crippen LogP contribution is 2.41. The molecule has 0 spiro atoms. The number of nitrogens with one attached hydrogen (secondary N) is 1. The first-order valence-electron chi connectivity index (χ1n) is 8.93. The predicted octanol–water partition coefficient (Wildman–Crippen LogP) is 2.77. The molecule has 0 amide bonds. The molecule has 1 aliphatic rings. The zero-order valence-electron chi connectivity index (χ0n) is 15.7. The maximum absolute atomic E-state index is 12.5. The fraction of sp³-hybridized carbons (Fsp3) is 0.350. The third-order valence-corrected chi connectivity index (χ3v) is 6.05. The first kappa shape index (κ1) is 20.2. The Morgan fingerprint density at radius 1 is 1.21 bits per heavy atom. The van der Waals surface area contributed by atoms with E-state index >= 15 is 0 Å². The van der Waals surface area contributed by atoms with Crippen LogP contribution in [0.2, 0.25) is 0 Å². The predicted molar refractivity (Wildman–Crippen MR) is 103 cm³/mol. The van der Waals surface area contributed by atoms with Gasteiger partial charge in [-0.25, -0.2) is 17.9 Å².